The maximum absolute atomic E-state index is 13.8. The highest BCUT2D eigenvalue weighted by Crippen LogP contribution is 2.45. The number of piperidine rings is 1. The van der Waals surface area contributed by atoms with Crippen molar-refractivity contribution >= 4 is 28.4 Å². The third-order valence-electron chi connectivity index (χ3n) is 6.43. The highest BCUT2D eigenvalue weighted by molar-refractivity contribution is 7.20. The number of rotatable bonds is 5. The zero-order valence-electron chi connectivity index (χ0n) is 17.9. The van der Waals surface area contributed by atoms with Gasteiger partial charge < -0.3 is 15.2 Å². The summed E-state index contributed by atoms with van der Waals surface area (Å²) < 4.78 is 5.19. The van der Waals surface area contributed by atoms with E-state index in [0.717, 1.165) is 62.1 Å². The number of hydrogen-bond donors (Lipinski definition) is 2. The van der Waals surface area contributed by atoms with Gasteiger partial charge in [0.1, 0.15) is 5.00 Å². The highest BCUT2D eigenvalue weighted by Gasteiger charge is 2.36. The lowest BCUT2D eigenvalue weighted by atomic mass is 9.82. The number of carbonyl (C=O) groups is 2. The van der Waals surface area contributed by atoms with E-state index in [0.29, 0.717) is 10.9 Å². The molecule has 2 heterocycles. The van der Waals surface area contributed by atoms with E-state index in [2.05, 4.69) is 12.2 Å². The van der Waals surface area contributed by atoms with Gasteiger partial charge in [-0.25, -0.2) is 4.79 Å². The lowest BCUT2D eigenvalue weighted by Crippen LogP contribution is -2.48. The second-order valence-corrected chi connectivity index (χ2v) is 9.69. The predicted molar refractivity (Wildman–Crippen MR) is 123 cm³/mol. The number of benzene rings is 1. The Morgan fingerprint density at radius 1 is 1.06 bits per heavy atom. The second kappa shape index (κ2) is 9.83. The van der Waals surface area contributed by atoms with Gasteiger partial charge in [-0.1, -0.05) is 37.3 Å². The third kappa shape index (κ3) is 5.10. The fraction of sp³-hybridized carbons (Fsp3) is 0.500. The van der Waals surface area contributed by atoms with Gasteiger partial charge >= 0.3 is 6.16 Å². The van der Waals surface area contributed by atoms with Crippen LogP contribution in [-0.4, -0.2) is 36.3 Å². The van der Waals surface area contributed by atoms with Crippen LogP contribution >= 0.6 is 11.3 Å². The molecule has 1 aliphatic heterocycles. The molecule has 166 valence electrons. The number of carboxylic acid groups (broad SMARTS) is 1. The van der Waals surface area contributed by atoms with E-state index in [9.17, 15) is 14.7 Å². The number of hydrogen-bond acceptors (Lipinski definition) is 5. The van der Waals surface area contributed by atoms with Gasteiger partial charge in [0.15, 0.2) is 5.75 Å². The van der Waals surface area contributed by atoms with Crippen molar-refractivity contribution in [2.45, 2.75) is 51.5 Å². The van der Waals surface area contributed by atoms with Crippen LogP contribution in [0.25, 0.3) is 10.4 Å². The molecule has 31 heavy (non-hydrogen) atoms. The average molecular weight is 443 g/mol. The quantitative estimate of drug-likeness (QED) is 0.608. The van der Waals surface area contributed by atoms with Crippen molar-refractivity contribution in [3.05, 3.63) is 36.4 Å². The molecule has 1 saturated heterocycles. The summed E-state index contributed by atoms with van der Waals surface area (Å²) in [5.74, 6) is 1.03. The van der Waals surface area contributed by atoms with Crippen LogP contribution in [0, 0.1) is 11.8 Å². The van der Waals surface area contributed by atoms with Crippen LogP contribution in [0.15, 0.2) is 36.4 Å². The summed E-state index contributed by atoms with van der Waals surface area (Å²) in [5, 5.41) is 13.3. The molecule has 2 N–H and O–H groups in total. The van der Waals surface area contributed by atoms with Crippen molar-refractivity contribution in [3.63, 3.8) is 0 Å². The molecule has 2 aliphatic rings. The van der Waals surface area contributed by atoms with Crippen LogP contribution in [0.5, 0.6) is 5.75 Å². The minimum Gasteiger partial charge on any atom is -0.449 e. The van der Waals surface area contributed by atoms with Gasteiger partial charge in [-0.05, 0) is 63.1 Å². The molecule has 1 amide bonds. The lowest BCUT2D eigenvalue weighted by molar-refractivity contribution is -0.124. The fourth-order valence-electron chi connectivity index (χ4n) is 4.66. The number of nitrogens with zero attached hydrogens (tertiary/aromatic N) is 1. The van der Waals surface area contributed by atoms with Crippen LogP contribution < -0.4 is 15.0 Å². The smallest absolute Gasteiger partial charge is 0.449 e. The van der Waals surface area contributed by atoms with Gasteiger partial charge in [0.2, 0.25) is 5.91 Å². The molecule has 1 aromatic carbocycles. The Morgan fingerprint density at radius 3 is 2.39 bits per heavy atom. The molecule has 6 nitrogen and oxygen atoms in total. The predicted octanol–water partition coefficient (Wildman–Crippen LogP) is 5.38. The van der Waals surface area contributed by atoms with E-state index in [1.807, 2.05) is 35.2 Å². The van der Waals surface area contributed by atoms with Gasteiger partial charge in [-0.2, -0.15) is 0 Å². The Balaban J connectivity index is 1.73. The minimum atomic E-state index is -1.36. The number of carbonyl (C=O) groups excluding carboxylic acids is 1. The van der Waals surface area contributed by atoms with E-state index < -0.39 is 6.16 Å². The molecule has 2 fully saturated rings. The van der Waals surface area contributed by atoms with Gasteiger partial charge in [-0.3, -0.25) is 9.69 Å². The highest BCUT2D eigenvalue weighted by atomic mass is 32.1. The minimum absolute atomic E-state index is 0.00830. The fourth-order valence-corrected chi connectivity index (χ4v) is 5.83. The van der Waals surface area contributed by atoms with Crippen molar-refractivity contribution in [1.82, 2.24) is 5.32 Å². The Labute approximate surface area is 187 Å². The van der Waals surface area contributed by atoms with Gasteiger partial charge in [-0.15, -0.1) is 11.3 Å². The number of thiophene rings is 1. The van der Waals surface area contributed by atoms with Gasteiger partial charge in [0, 0.05) is 22.9 Å². The first-order valence-electron chi connectivity index (χ1n) is 11.2. The second-order valence-electron chi connectivity index (χ2n) is 8.66. The molecular weight excluding hydrogens is 412 g/mol. The molecule has 0 bridgehead atoms. The first-order valence-corrected chi connectivity index (χ1v) is 12.0. The van der Waals surface area contributed by atoms with E-state index in [1.165, 1.54) is 11.3 Å². The van der Waals surface area contributed by atoms with E-state index >= 15 is 0 Å². The normalized spacial score (nSPS) is 22.1. The summed E-state index contributed by atoms with van der Waals surface area (Å²) in [6, 6.07) is 11.6. The number of ether oxygens (including phenoxy) is 1. The summed E-state index contributed by atoms with van der Waals surface area (Å²) in [7, 11) is 0. The molecule has 0 unspecified atom stereocenters. The molecular formula is C24H30N2O4S. The van der Waals surface area contributed by atoms with Crippen molar-refractivity contribution in [1.29, 1.82) is 0 Å². The summed E-state index contributed by atoms with van der Waals surface area (Å²) in [5.41, 5.74) is 0.984. The molecule has 1 aliphatic carbocycles. The largest absolute Gasteiger partial charge is 0.511 e. The maximum atomic E-state index is 13.8. The molecule has 1 aromatic heterocycles. The van der Waals surface area contributed by atoms with E-state index in [1.54, 1.807) is 6.07 Å². The number of amides is 1. The summed E-state index contributed by atoms with van der Waals surface area (Å²) in [4.78, 5) is 28.0. The van der Waals surface area contributed by atoms with Crippen LogP contribution in [0.4, 0.5) is 9.80 Å². The first kappa shape index (κ1) is 21.8. The van der Waals surface area contributed by atoms with Crippen molar-refractivity contribution in [2.75, 3.05) is 18.0 Å². The molecule has 1 saturated carbocycles. The third-order valence-corrected chi connectivity index (χ3v) is 7.60. The zero-order chi connectivity index (χ0) is 21.8. The van der Waals surface area contributed by atoms with Crippen molar-refractivity contribution in [3.8, 4) is 16.2 Å². The molecule has 7 heteroatoms. The van der Waals surface area contributed by atoms with Crippen molar-refractivity contribution < 1.29 is 19.4 Å². The van der Waals surface area contributed by atoms with E-state index in [-0.39, 0.29) is 23.6 Å². The van der Waals surface area contributed by atoms with Crippen LogP contribution in [-0.2, 0) is 4.79 Å². The van der Waals surface area contributed by atoms with Crippen molar-refractivity contribution in [2.24, 2.45) is 11.8 Å². The SMILES string of the molecule is CC1CCC(C(=O)N(c2sc(-c3ccccc3)cc2OC(=O)O)C2CCNCC2)CC1. The Bertz CT molecular complexity index is 900. The maximum Gasteiger partial charge on any atom is 0.511 e. The van der Waals surface area contributed by atoms with Gasteiger partial charge in [0.25, 0.3) is 0 Å². The van der Waals surface area contributed by atoms with Gasteiger partial charge in [0.05, 0.1) is 0 Å². The monoisotopic (exact) mass is 442 g/mol. The molecule has 2 aromatic rings. The van der Waals surface area contributed by atoms with Crippen LogP contribution in [0.3, 0.4) is 0 Å². The lowest BCUT2D eigenvalue weighted by Gasteiger charge is -2.37. The first-order chi connectivity index (χ1) is 15.0. The molecule has 0 spiro atoms. The molecule has 0 atom stereocenters. The Hall–Kier alpha value is -2.38. The summed E-state index contributed by atoms with van der Waals surface area (Å²) >= 11 is 1.45. The zero-order valence-corrected chi connectivity index (χ0v) is 18.7. The number of nitrogens with one attached hydrogen (secondary N) is 1. The summed E-state index contributed by atoms with van der Waals surface area (Å²) in [6.07, 6.45) is 4.26. The Kier molecular flexibility index (Phi) is 6.92. The molecule has 0 radical (unpaired) electrons. The average Bonchev–Trinajstić information content (AvgIpc) is 3.18. The summed E-state index contributed by atoms with van der Waals surface area (Å²) in [6.45, 7) is 3.94. The Morgan fingerprint density at radius 2 is 1.74 bits per heavy atom. The number of anilines is 1. The molecule has 4 rings (SSSR count). The van der Waals surface area contributed by atoms with E-state index in [4.69, 9.17) is 4.74 Å². The standard InChI is InChI=1S/C24H30N2O4S/c1-16-7-9-18(10-8-16)22(27)26(19-11-13-25-14-12-19)23-20(30-24(28)29)15-21(31-23)17-5-3-2-4-6-17/h2-6,15-16,18-19,25H,7-14H2,1H3,(H,28,29). The van der Waals surface area contributed by atoms with Crippen LogP contribution in [0.2, 0.25) is 0 Å². The van der Waals surface area contributed by atoms with Crippen LogP contribution in [0.1, 0.15) is 45.4 Å². The topological polar surface area (TPSA) is 78.9 Å².